The minimum atomic E-state index is -0.192. The van der Waals surface area contributed by atoms with E-state index in [1.165, 1.54) is 0 Å². The number of aromatic hydroxyl groups is 1. The molecule has 26 heavy (non-hydrogen) atoms. The number of aryl methyl sites for hydroxylation is 2. The fourth-order valence-corrected chi connectivity index (χ4v) is 3.53. The maximum Gasteiger partial charge on any atom is 0.257 e. The second kappa shape index (κ2) is 8.17. The molecule has 1 heterocycles. The number of benzene rings is 2. The van der Waals surface area contributed by atoms with Crippen molar-refractivity contribution in [2.24, 2.45) is 5.92 Å². The summed E-state index contributed by atoms with van der Waals surface area (Å²) in [4.78, 5) is 27.0. The first-order chi connectivity index (χ1) is 12.5. The predicted molar refractivity (Wildman–Crippen MR) is 101 cm³/mol. The lowest BCUT2D eigenvalue weighted by molar-refractivity contribution is -0.124. The van der Waals surface area contributed by atoms with Gasteiger partial charge in [-0.2, -0.15) is 0 Å². The summed E-state index contributed by atoms with van der Waals surface area (Å²) in [7, 11) is 0. The van der Waals surface area contributed by atoms with Crippen LogP contribution in [0.15, 0.2) is 48.5 Å². The number of carbonyl (C=O) groups excluding carboxylic acids is 2. The van der Waals surface area contributed by atoms with Gasteiger partial charge in [0.05, 0.1) is 5.56 Å². The molecule has 0 aliphatic carbocycles. The zero-order chi connectivity index (χ0) is 18.5. The average molecular weight is 351 g/mol. The van der Waals surface area contributed by atoms with Gasteiger partial charge in [-0.3, -0.25) is 9.59 Å². The normalized spacial score (nSPS) is 17.1. The van der Waals surface area contributed by atoms with Crippen molar-refractivity contribution in [2.75, 3.05) is 13.1 Å². The summed E-state index contributed by atoms with van der Waals surface area (Å²) >= 11 is 0. The number of Topliss-reactive ketones (excluding diaryl/α,β-unsaturated/α-hetero) is 1. The number of phenolic OH excluding ortho intramolecular Hbond substituents is 1. The van der Waals surface area contributed by atoms with Gasteiger partial charge in [-0.25, -0.2) is 0 Å². The number of piperidine rings is 1. The van der Waals surface area contributed by atoms with Gasteiger partial charge < -0.3 is 10.0 Å². The Hall–Kier alpha value is -2.62. The van der Waals surface area contributed by atoms with Crippen LogP contribution >= 0.6 is 0 Å². The molecule has 4 nitrogen and oxygen atoms in total. The van der Waals surface area contributed by atoms with Crippen molar-refractivity contribution in [3.8, 4) is 5.75 Å². The van der Waals surface area contributed by atoms with Crippen LogP contribution in [0.4, 0.5) is 0 Å². The lowest BCUT2D eigenvalue weighted by Crippen LogP contribution is -2.42. The molecule has 1 amide bonds. The Bertz CT molecular complexity index is 785. The molecule has 0 spiro atoms. The third kappa shape index (κ3) is 4.31. The van der Waals surface area contributed by atoms with Crippen molar-refractivity contribution in [3.63, 3.8) is 0 Å². The third-order valence-corrected chi connectivity index (χ3v) is 5.05. The molecule has 0 radical (unpaired) electrons. The molecule has 1 saturated heterocycles. The first-order valence-electron chi connectivity index (χ1n) is 9.20. The number of nitrogens with zero attached hydrogens (tertiary/aromatic N) is 1. The number of amides is 1. The van der Waals surface area contributed by atoms with Gasteiger partial charge in [0.1, 0.15) is 11.5 Å². The highest BCUT2D eigenvalue weighted by Gasteiger charge is 2.29. The molecule has 1 atom stereocenters. The molecular formula is C22H25NO3. The molecule has 2 aromatic carbocycles. The van der Waals surface area contributed by atoms with Crippen LogP contribution in [0.25, 0.3) is 0 Å². The lowest BCUT2D eigenvalue weighted by Gasteiger charge is -2.32. The summed E-state index contributed by atoms with van der Waals surface area (Å²) in [6.45, 7) is 2.95. The van der Waals surface area contributed by atoms with Crippen LogP contribution in [0.2, 0.25) is 0 Å². The highest BCUT2D eigenvalue weighted by atomic mass is 16.3. The fraction of sp³-hybridized carbons (Fsp3) is 0.364. The van der Waals surface area contributed by atoms with Crippen LogP contribution in [0.3, 0.4) is 0 Å². The SMILES string of the molecule is Cc1ccc(C(=O)N2CCCC(C(=O)CCc3ccccc3)C2)c(O)c1. The van der Waals surface area contributed by atoms with Crippen LogP contribution in [0.5, 0.6) is 5.75 Å². The third-order valence-electron chi connectivity index (χ3n) is 5.05. The van der Waals surface area contributed by atoms with Crippen molar-refractivity contribution in [1.82, 2.24) is 4.90 Å². The fourth-order valence-electron chi connectivity index (χ4n) is 3.53. The van der Waals surface area contributed by atoms with Gasteiger partial charge >= 0.3 is 0 Å². The van der Waals surface area contributed by atoms with E-state index in [1.807, 2.05) is 43.3 Å². The van der Waals surface area contributed by atoms with Crippen molar-refractivity contribution in [3.05, 3.63) is 65.2 Å². The maximum absolute atomic E-state index is 12.7. The number of hydrogen-bond donors (Lipinski definition) is 1. The van der Waals surface area contributed by atoms with Gasteiger partial charge in [0.25, 0.3) is 5.91 Å². The summed E-state index contributed by atoms with van der Waals surface area (Å²) in [5.41, 5.74) is 2.38. The monoisotopic (exact) mass is 351 g/mol. The van der Waals surface area contributed by atoms with Gasteiger partial charge in [-0.05, 0) is 49.4 Å². The van der Waals surface area contributed by atoms with E-state index in [9.17, 15) is 14.7 Å². The van der Waals surface area contributed by atoms with Crippen LogP contribution < -0.4 is 0 Å². The Morgan fingerprint density at radius 2 is 1.92 bits per heavy atom. The minimum Gasteiger partial charge on any atom is -0.507 e. The Morgan fingerprint density at radius 3 is 2.65 bits per heavy atom. The molecular weight excluding hydrogens is 326 g/mol. The summed E-state index contributed by atoms with van der Waals surface area (Å²) in [6.07, 6.45) is 2.90. The summed E-state index contributed by atoms with van der Waals surface area (Å²) in [6, 6.07) is 15.1. The quantitative estimate of drug-likeness (QED) is 0.892. The average Bonchev–Trinajstić information content (AvgIpc) is 2.66. The molecule has 0 bridgehead atoms. The molecule has 0 saturated carbocycles. The Morgan fingerprint density at radius 1 is 1.15 bits per heavy atom. The smallest absolute Gasteiger partial charge is 0.257 e. The maximum atomic E-state index is 12.7. The van der Waals surface area contributed by atoms with Crippen molar-refractivity contribution < 1.29 is 14.7 Å². The number of carbonyl (C=O) groups is 2. The van der Waals surface area contributed by atoms with Crippen molar-refractivity contribution in [2.45, 2.75) is 32.6 Å². The largest absolute Gasteiger partial charge is 0.507 e. The molecule has 1 aliphatic rings. The van der Waals surface area contributed by atoms with Gasteiger partial charge in [0.15, 0.2) is 0 Å². The number of rotatable bonds is 5. The van der Waals surface area contributed by atoms with E-state index in [2.05, 4.69) is 0 Å². The summed E-state index contributed by atoms with van der Waals surface area (Å²) < 4.78 is 0. The second-order valence-corrected chi connectivity index (χ2v) is 7.06. The Kier molecular flexibility index (Phi) is 5.71. The molecule has 4 heteroatoms. The van der Waals surface area contributed by atoms with Crippen LogP contribution in [0, 0.1) is 12.8 Å². The Labute approximate surface area is 154 Å². The summed E-state index contributed by atoms with van der Waals surface area (Å²) in [5.74, 6) is -0.0703. The van der Waals surface area contributed by atoms with Crippen LogP contribution in [-0.4, -0.2) is 34.8 Å². The van der Waals surface area contributed by atoms with E-state index >= 15 is 0 Å². The van der Waals surface area contributed by atoms with E-state index < -0.39 is 0 Å². The van der Waals surface area contributed by atoms with E-state index in [0.29, 0.717) is 25.1 Å². The van der Waals surface area contributed by atoms with E-state index in [0.717, 1.165) is 30.4 Å². The first-order valence-corrected chi connectivity index (χ1v) is 9.20. The Balaban J connectivity index is 1.61. The molecule has 1 N–H and O–H groups in total. The summed E-state index contributed by atoms with van der Waals surface area (Å²) in [5, 5.41) is 10.1. The number of likely N-dealkylation sites (tertiary alicyclic amines) is 1. The zero-order valence-corrected chi connectivity index (χ0v) is 15.1. The number of hydrogen-bond acceptors (Lipinski definition) is 3. The predicted octanol–water partition coefficient (Wildman–Crippen LogP) is 3.75. The van der Waals surface area contributed by atoms with Gasteiger partial charge in [0, 0.05) is 25.4 Å². The molecule has 1 aliphatic heterocycles. The topological polar surface area (TPSA) is 57.6 Å². The molecule has 1 fully saturated rings. The molecule has 2 aromatic rings. The highest BCUT2D eigenvalue weighted by Crippen LogP contribution is 2.25. The van der Waals surface area contributed by atoms with Crippen molar-refractivity contribution >= 4 is 11.7 Å². The standard InChI is InChI=1S/C22H25NO3/c1-16-9-11-19(21(25)14-16)22(26)23-13-5-8-18(15-23)20(24)12-10-17-6-3-2-4-7-17/h2-4,6-7,9,11,14,18,25H,5,8,10,12-13,15H2,1H3. The molecule has 136 valence electrons. The number of ketones is 1. The first kappa shape index (κ1) is 18.2. The van der Waals surface area contributed by atoms with Crippen LogP contribution in [-0.2, 0) is 11.2 Å². The highest BCUT2D eigenvalue weighted by molar-refractivity contribution is 5.97. The van der Waals surface area contributed by atoms with Gasteiger partial charge in [0.2, 0.25) is 0 Å². The van der Waals surface area contributed by atoms with Gasteiger partial charge in [-0.15, -0.1) is 0 Å². The molecule has 0 aromatic heterocycles. The number of phenols is 1. The van der Waals surface area contributed by atoms with E-state index in [1.54, 1.807) is 17.0 Å². The minimum absolute atomic E-state index is 0.00697. The lowest BCUT2D eigenvalue weighted by atomic mass is 9.90. The van der Waals surface area contributed by atoms with Crippen molar-refractivity contribution in [1.29, 1.82) is 0 Å². The zero-order valence-electron chi connectivity index (χ0n) is 15.1. The molecule has 1 unspecified atom stereocenters. The van der Waals surface area contributed by atoms with Crippen LogP contribution in [0.1, 0.15) is 40.7 Å². The molecule has 3 rings (SSSR count). The van der Waals surface area contributed by atoms with Gasteiger partial charge in [-0.1, -0.05) is 36.4 Å². The second-order valence-electron chi connectivity index (χ2n) is 7.06. The van der Waals surface area contributed by atoms with E-state index in [-0.39, 0.29) is 23.4 Å². The van der Waals surface area contributed by atoms with E-state index in [4.69, 9.17) is 0 Å².